The van der Waals surface area contributed by atoms with E-state index in [-0.39, 0.29) is 11.9 Å². The Kier molecular flexibility index (Phi) is 4.68. The Morgan fingerprint density at radius 1 is 1.14 bits per heavy atom. The molecule has 0 N–H and O–H groups in total. The number of hydrogen-bond donors (Lipinski definition) is 0. The second-order valence-electron chi connectivity index (χ2n) is 6.41. The van der Waals surface area contributed by atoms with E-state index in [9.17, 15) is 9.59 Å². The second kappa shape index (κ2) is 6.34. The summed E-state index contributed by atoms with van der Waals surface area (Å²) in [5, 5.41) is 0. The summed E-state index contributed by atoms with van der Waals surface area (Å²) >= 11 is 0. The van der Waals surface area contributed by atoms with Gasteiger partial charge in [-0.3, -0.25) is 9.78 Å². The molecule has 1 aromatic heterocycles. The number of carbonyl (C=O) groups excluding carboxylic acids is 2. The van der Waals surface area contributed by atoms with Crippen molar-refractivity contribution in [3.05, 3.63) is 24.0 Å². The number of piperazine rings is 1. The summed E-state index contributed by atoms with van der Waals surface area (Å²) in [6.07, 6.45) is 1.44. The molecule has 0 spiro atoms. The van der Waals surface area contributed by atoms with Gasteiger partial charge >= 0.3 is 6.09 Å². The van der Waals surface area contributed by atoms with Gasteiger partial charge in [-0.25, -0.2) is 4.79 Å². The highest BCUT2D eigenvalue weighted by molar-refractivity contribution is 5.92. The minimum atomic E-state index is -0.472. The first-order valence-corrected chi connectivity index (χ1v) is 7.46. The monoisotopic (exact) mass is 305 g/mol. The summed E-state index contributed by atoms with van der Waals surface area (Å²) in [6, 6.07) is 3.63. The van der Waals surface area contributed by atoms with Crippen LogP contribution in [0.25, 0.3) is 0 Å². The fourth-order valence-electron chi connectivity index (χ4n) is 2.26. The van der Waals surface area contributed by atoms with Gasteiger partial charge < -0.3 is 14.5 Å². The molecular weight excluding hydrogens is 282 g/mol. The van der Waals surface area contributed by atoms with Crippen LogP contribution in [-0.2, 0) is 4.74 Å². The van der Waals surface area contributed by atoms with Gasteiger partial charge in [-0.2, -0.15) is 0 Å². The van der Waals surface area contributed by atoms with Gasteiger partial charge in [0.25, 0.3) is 0 Å². The van der Waals surface area contributed by atoms with Crippen LogP contribution in [0.1, 0.15) is 38.2 Å². The maximum absolute atomic E-state index is 12.0. The normalized spacial score (nSPS) is 15.6. The van der Waals surface area contributed by atoms with Crippen LogP contribution < -0.4 is 4.90 Å². The van der Waals surface area contributed by atoms with Crippen molar-refractivity contribution in [3.63, 3.8) is 0 Å². The Morgan fingerprint density at radius 2 is 1.77 bits per heavy atom. The van der Waals surface area contributed by atoms with Crippen molar-refractivity contribution in [2.24, 2.45) is 0 Å². The number of rotatable bonds is 2. The van der Waals surface area contributed by atoms with Crippen LogP contribution in [0.3, 0.4) is 0 Å². The fraction of sp³-hybridized carbons (Fsp3) is 0.562. The molecule has 1 aliphatic heterocycles. The molecule has 6 nitrogen and oxygen atoms in total. The Hall–Kier alpha value is -2.11. The summed E-state index contributed by atoms with van der Waals surface area (Å²) in [5.41, 5.74) is 0.964. The zero-order valence-electron chi connectivity index (χ0n) is 13.6. The molecular formula is C16H23N3O3. The highest BCUT2D eigenvalue weighted by Crippen LogP contribution is 2.17. The van der Waals surface area contributed by atoms with Crippen molar-refractivity contribution >= 4 is 17.6 Å². The van der Waals surface area contributed by atoms with E-state index in [2.05, 4.69) is 9.88 Å². The highest BCUT2D eigenvalue weighted by Gasteiger charge is 2.26. The van der Waals surface area contributed by atoms with E-state index in [1.165, 1.54) is 6.92 Å². The lowest BCUT2D eigenvalue weighted by Crippen LogP contribution is -2.50. The minimum Gasteiger partial charge on any atom is -0.444 e. The molecule has 1 amide bonds. The number of carbonyl (C=O) groups is 2. The van der Waals surface area contributed by atoms with Crippen LogP contribution in [0.2, 0.25) is 0 Å². The molecule has 2 rings (SSSR count). The van der Waals surface area contributed by atoms with Crippen molar-refractivity contribution in [1.82, 2.24) is 9.88 Å². The average Bonchev–Trinajstić information content (AvgIpc) is 2.46. The molecule has 0 atom stereocenters. The summed E-state index contributed by atoms with van der Waals surface area (Å²) in [6.45, 7) is 9.77. The molecule has 0 unspecified atom stereocenters. The first-order valence-electron chi connectivity index (χ1n) is 7.46. The molecule has 0 aromatic carbocycles. The van der Waals surface area contributed by atoms with E-state index in [0.717, 1.165) is 18.8 Å². The number of ketones is 1. The van der Waals surface area contributed by atoms with Crippen molar-refractivity contribution in [1.29, 1.82) is 0 Å². The van der Waals surface area contributed by atoms with E-state index in [1.54, 1.807) is 17.2 Å². The Bertz CT molecular complexity index is 541. The SMILES string of the molecule is CC(=O)c1ccc(N2CCN(C(=O)OC(C)(C)C)CC2)cn1. The number of nitrogens with zero attached hydrogens (tertiary/aromatic N) is 3. The third-order valence-electron chi connectivity index (χ3n) is 3.41. The quantitative estimate of drug-likeness (QED) is 0.785. The number of hydrogen-bond acceptors (Lipinski definition) is 5. The van der Waals surface area contributed by atoms with Crippen LogP contribution >= 0.6 is 0 Å². The molecule has 1 fully saturated rings. The van der Waals surface area contributed by atoms with Gasteiger partial charge in [-0.1, -0.05) is 0 Å². The lowest BCUT2D eigenvalue weighted by molar-refractivity contribution is 0.0240. The Morgan fingerprint density at radius 3 is 2.23 bits per heavy atom. The van der Waals surface area contributed by atoms with E-state index in [4.69, 9.17) is 4.74 Å². The third kappa shape index (κ3) is 4.19. The molecule has 0 saturated carbocycles. The van der Waals surface area contributed by atoms with Gasteiger partial charge in [-0.05, 0) is 32.9 Å². The molecule has 0 radical (unpaired) electrons. The summed E-state index contributed by atoms with van der Waals surface area (Å²) in [5.74, 6) is -0.0405. The maximum atomic E-state index is 12.0. The maximum Gasteiger partial charge on any atom is 0.410 e. The van der Waals surface area contributed by atoms with Crippen LogP contribution in [0.15, 0.2) is 18.3 Å². The Labute approximate surface area is 131 Å². The standard InChI is InChI=1S/C16H23N3O3/c1-12(20)14-6-5-13(11-17-14)18-7-9-19(10-8-18)15(21)22-16(2,3)4/h5-6,11H,7-10H2,1-4H3. The van der Waals surface area contributed by atoms with Crippen LogP contribution in [-0.4, -0.2) is 53.5 Å². The van der Waals surface area contributed by atoms with Gasteiger partial charge in [0.1, 0.15) is 11.3 Å². The van der Waals surface area contributed by atoms with E-state index >= 15 is 0 Å². The lowest BCUT2D eigenvalue weighted by atomic mass is 10.2. The van der Waals surface area contributed by atoms with Crippen molar-refractivity contribution < 1.29 is 14.3 Å². The highest BCUT2D eigenvalue weighted by atomic mass is 16.6. The third-order valence-corrected chi connectivity index (χ3v) is 3.41. The van der Waals surface area contributed by atoms with E-state index in [0.29, 0.717) is 18.8 Å². The van der Waals surface area contributed by atoms with Gasteiger partial charge in [0.05, 0.1) is 11.9 Å². The molecule has 0 aliphatic carbocycles. The number of ether oxygens (including phenoxy) is 1. The predicted molar refractivity (Wildman–Crippen MR) is 84.3 cm³/mol. The number of anilines is 1. The molecule has 120 valence electrons. The number of Topliss-reactive ketones (excluding diaryl/α,β-unsaturated/α-hetero) is 1. The lowest BCUT2D eigenvalue weighted by Gasteiger charge is -2.36. The smallest absolute Gasteiger partial charge is 0.410 e. The zero-order valence-corrected chi connectivity index (χ0v) is 13.6. The largest absolute Gasteiger partial charge is 0.444 e. The van der Waals surface area contributed by atoms with Gasteiger partial charge in [0.15, 0.2) is 5.78 Å². The number of aromatic nitrogens is 1. The number of pyridine rings is 1. The summed E-state index contributed by atoms with van der Waals surface area (Å²) in [7, 11) is 0. The average molecular weight is 305 g/mol. The molecule has 0 bridgehead atoms. The van der Waals surface area contributed by atoms with Crippen LogP contribution in [0.4, 0.5) is 10.5 Å². The summed E-state index contributed by atoms with van der Waals surface area (Å²) < 4.78 is 5.38. The minimum absolute atomic E-state index is 0.0405. The second-order valence-corrected chi connectivity index (χ2v) is 6.41. The van der Waals surface area contributed by atoms with Crippen LogP contribution in [0, 0.1) is 0 Å². The van der Waals surface area contributed by atoms with Gasteiger partial charge in [0.2, 0.25) is 0 Å². The molecule has 1 saturated heterocycles. The van der Waals surface area contributed by atoms with Crippen molar-refractivity contribution in [2.45, 2.75) is 33.3 Å². The van der Waals surface area contributed by atoms with Gasteiger partial charge in [-0.15, -0.1) is 0 Å². The Balaban J connectivity index is 1.91. The fourth-order valence-corrected chi connectivity index (χ4v) is 2.26. The molecule has 1 aromatic rings. The molecule has 22 heavy (non-hydrogen) atoms. The number of amides is 1. The first-order chi connectivity index (χ1) is 10.3. The van der Waals surface area contributed by atoms with E-state index in [1.807, 2.05) is 26.8 Å². The topological polar surface area (TPSA) is 62.7 Å². The molecule has 2 heterocycles. The van der Waals surface area contributed by atoms with Crippen molar-refractivity contribution in [3.8, 4) is 0 Å². The predicted octanol–water partition coefficient (Wildman–Crippen LogP) is 2.34. The summed E-state index contributed by atoms with van der Waals surface area (Å²) in [4.78, 5) is 31.3. The molecule has 6 heteroatoms. The van der Waals surface area contributed by atoms with Crippen molar-refractivity contribution in [2.75, 3.05) is 31.1 Å². The molecule has 1 aliphatic rings. The van der Waals surface area contributed by atoms with E-state index < -0.39 is 5.60 Å². The first kappa shape index (κ1) is 16.3. The zero-order chi connectivity index (χ0) is 16.3. The van der Waals surface area contributed by atoms with Crippen LogP contribution in [0.5, 0.6) is 0 Å². The van der Waals surface area contributed by atoms with Gasteiger partial charge in [0, 0.05) is 33.1 Å².